The third-order valence-electron chi connectivity index (χ3n) is 2.00. The predicted molar refractivity (Wildman–Crippen MR) is 57.6 cm³/mol. The average molecular weight is 182 g/mol. The molecule has 13 heavy (non-hydrogen) atoms. The SMILES string of the molecule is C#CCCCCCCOCCCC. The molecule has 0 rings (SSSR count). The molecule has 0 saturated carbocycles. The van der Waals surface area contributed by atoms with Gasteiger partial charge in [-0.1, -0.05) is 26.2 Å². The lowest BCUT2D eigenvalue weighted by atomic mass is 10.1. The minimum absolute atomic E-state index is 0.927. The second kappa shape index (κ2) is 11.5. The van der Waals surface area contributed by atoms with Crippen LogP contribution in [0.1, 0.15) is 51.9 Å². The van der Waals surface area contributed by atoms with Crippen molar-refractivity contribution in [1.29, 1.82) is 0 Å². The molecule has 0 bridgehead atoms. The maximum absolute atomic E-state index is 5.44. The summed E-state index contributed by atoms with van der Waals surface area (Å²) in [5, 5.41) is 0. The highest BCUT2D eigenvalue weighted by atomic mass is 16.5. The highest BCUT2D eigenvalue weighted by molar-refractivity contribution is 4.82. The Morgan fingerprint density at radius 2 is 1.69 bits per heavy atom. The summed E-state index contributed by atoms with van der Waals surface area (Å²) in [6.45, 7) is 4.04. The molecule has 0 aromatic heterocycles. The lowest BCUT2D eigenvalue weighted by Gasteiger charge is -2.02. The maximum Gasteiger partial charge on any atom is 0.0466 e. The van der Waals surface area contributed by atoms with Crippen molar-refractivity contribution in [3.63, 3.8) is 0 Å². The minimum atomic E-state index is 0.927. The Morgan fingerprint density at radius 1 is 1.00 bits per heavy atom. The van der Waals surface area contributed by atoms with Gasteiger partial charge in [0.25, 0.3) is 0 Å². The predicted octanol–water partition coefficient (Wildman–Crippen LogP) is 3.39. The molecule has 0 atom stereocenters. The van der Waals surface area contributed by atoms with Crippen LogP contribution in [0.15, 0.2) is 0 Å². The fourth-order valence-electron chi connectivity index (χ4n) is 1.13. The topological polar surface area (TPSA) is 9.23 Å². The van der Waals surface area contributed by atoms with Crippen molar-refractivity contribution in [2.75, 3.05) is 13.2 Å². The summed E-state index contributed by atoms with van der Waals surface area (Å²) in [6, 6.07) is 0. The molecule has 1 nitrogen and oxygen atoms in total. The Bertz CT molecular complexity index is 124. The Kier molecular flexibility index (Phi) is 11.1. The summed E-state index contributed by atoms with van der Waals surface area (Å²) in [5.74, 6) is 2.66. The molecule has 0 radical (unpaired) electrons. The molecule has 0 aliphatic carbocycles. The Labute approximate surface area is 82.9 Å². The number of hydrogen-bond acceptors (Lipinski definition) is 1. The summed E-state index contributed by atoms with van der Waals surface area (Å²) < 4.78 is 5.44. The lowest BCUT2D eigenvalue weighted by Crippen LogP contribution is -1.96. The molecule has 0 aromatic carbocycles. The molecular formula is C12H22O. The van der Waals surface area contributed by atoms with E-state index in [-0.39, 0.29) is 0 Å². The van der Waals surface area contributed by atoms with Crippen LogP contribution >= 0.6 is 0 Å². The standard InChI is InChI=1S/C12H22O/c1-3-5-7-8-9-10-12-13-11-6-4-2/h1H,4-12H2,2H3. The summed E-state index contributed by atoms with van der Waals surface area (Å²) in [6.07, 6.45) is 13.4. The van der Waals surface area contributed by atoms with Crippen LogP contribution in [-0.2, 0) is 4.74 Å². The Balaban J connectivity index is 2.80. The van der Waals surface area contributed by atoms with Crippen LogP contribution in [-0.4, -0.2) is 13.2 Å². The monoisotopic (exact) mass is 182 g/mol. The van der Waals surface area contributed by atoms with Crippen molar-refractivity contribution in [1.82, 2.24) is 0 Å². The lowest BCUT2D eigenvalue weighted by molar-refractivity contribution is 0.127. The van der Waals surface area contributed by atoms with E-state index in [0.29, 0.717) is 0 Å². The van der Waals surface area contributed by atoms with E-state index in [2.05, 4.69) is 12.8 Å². The smallest absolute Gasteiger partial charge is 0.0466 e. The first-order valence-corrected chi connectivity index (χ1v) is 5.43. The van der Waals surface area contributed by atoms with Crippen LogP contribution in [0.5, 0.6) is 0 Å². The van der Waals surface area contributed by atoms with Gasteiger partial charge in [0, 0.05) is 19.6 Å². The van der Waals surface area contributed by atoms with Crippen LogP contribution in [0.4, 0.5) is 0 Å². The van der Waals surface area contributed by atoms with Gasteiger partial charge in [-0.05, 0) is 19.3 Å². The van der Waals surface area contributed by atoms with Gasteiger partial charge in [0.05, 0.1) is 0 Å². The zero-order valence-electron chi connectivity index (χ0n) is 8.85. The quantitative estimate of drug-likeness (QED) is 0.392. The van der Waals surface area contributed by atoms with E-state index in [9.17, 15) is 0 Å². The van der Waals surface area contributed by atoms with E-state index in [0.717, 1.165) is 19.6 Å². The second-order valence-electron chi connectivity index (χ2n) is 3.33. The fourth-order valence-corrected chi connectivity index (χ4v) is 1.13. The number of unbranched alkanes of at least 4 members (excludes halogenated alkanes) is 5. The van der Waals surface area contributed by atoms with E-state index >= 15 is 0 Å². The number of hydrogen-bond donors (Lipinski definition) is 0. The second-order valence-corrected chi connectivity index (χ2v) is 3.33. The fraction of sp³-hybridized carbons (Fsp3) is 0.833. The molecule has 0 fully saturated rings. The largest absolute Gasteiger partial charge is 0.381 e. The van der Waals surface area contributed by atoms with E-state index < -0.39 is 0 Å². The normalized spacial score (nSPS) is 9.85. The molecule has 0 aliphatic rings. The molecule has 1 heteroatoms. The van der Waals surface area contributed by atoms with Crippen molar-refractivity contribution in [3.05, 3.63) is 0 Å². The first-order chi connectivity index (χ1) is 6.41. The van der Waals surface area contributed by atoms with Crippen LogP contribution in [0.2, 0.25) is 0 Å². The molecule has 76 valence electrons. The van der Waals surface area contributed by atoms with Gasteiger partial charge in [-0.2, -0.15) is 0 Å². The van der Waals surface area contributed by atoms with Gasteiger partial charge in [0.1, 0.15) is 0 Å². The average Bonchev–Trinajstić information content (AvgIpc) is 2.16. The first kappa shape index (κ1) is 12.5. The van der Waals surface area contributed by atoms with E-state index in [1.807, 2.05) is 0 Å². The minimum Gasteiger partial charge on any atom is -0.381 e. The third kappa shape index (κ3) is 11.5. The van der Waals surface area contributed by atoms with Gasteiger partial charge in [0.15, 0.2) is 0 Å². The zero-order valence-corrected chi connectivity index (χ0v) is 8.85. The molecule has 0 spiro atoms. The maximum atomic E-state index is 5.44. The van der Waals surface area contributed by atoms with E-state index in [1.165, 1.54) is 38.5 Å². The van der Waals surface area contributed by atoms with Crippen molar-refractivity contribution < 1.29 is 4.74 Å². The van der Waals surface area contributed by atoms with Crippen LogP contribution in [0.25, 0.3) is 0 Å². The molecule has 0 saturated heterocycles. The van der Waals surface area contributed by atoms with Crippen LogP contribution < -0.4 is 0 Å². The van der Waals surface area contributed by atoms with Crippen LogP contribution in [0, 0.1) is 12.3 Å². The molecular weight excluding hydrogens is 160 g/mol. The summed E-state index contributed by atoms with van der Waals surface area (Å²) in [4.78, 5) is 0. The number of ether oxygens (including phenoxy) is 1. The van der Waals surface area contributed by atoms with Gasteiger partial charge in [0.2, 0.25) is 0 Å². The van der Waals surface area contributed by atoms with Gasteiger partial charge < -0.3 is 4.74 Å². The van der Waals surface area contributed by atoms with E-state index in [4.69, 9.17) is 11.2 Å². The van der Waals surface area contributed by atoms with Crippen molar-refractivity contribution in [3.8, 4) is 12.3 Å². The van der Waals surface area contributed by atoms with Crippen molar-refractivity contribution >= 4 is 0 Å². The molecule has 0 aliphatic heterocycles. The Hall–Kier alpha value is -0.480. The molecule has 0 aromatic rings. The summed E-state index contributed by atoms with van der Waals surface area (Å²) >= 11 is 0. The summed E-state index contributed by atoms with van der Waals surface area (Å²) in [7, 11) is 0. The van der Waals surface area contributed by atoms with Gasteiger partial charge in [-0.15, -0.1) is 12.3 Å². The summed E-state index contributed by atoms with van der Waals surface area (Å²) in [5.41, 5.74) is 0. The first-order valence-electron chi connectivity index (χ1n) is 5.43. The van der Waals surface area contributed by atoms with Crippen LogP contribution in [0.3, 0.4) is 0 Å². The van der Waals surface area contributed by atoms with Gasteiger partial charge in [-0.25, -0.2) is 0 Å². The Morgan fingerprint density at radius 3 is 2.38 bits per heavy atom. The molecule has 0 amide bonds. The van der Waals surface area contributed by atoms with Gasteiger partial charge in [-0.3, -0.25) is 0 Å². The van der Waals surface area contributed by atoms with Crippen molar-refractivity contribution in [2.24, 2.45) is 0 Å². The highest BCUT2D eigenvalue weighted by Gasteiger charge is 1.90. The highest BCUT2D eigenvalue weighted by Crippen LogP contribution is 2.02. The molecule has 0 unspecified atom stereocenters. The van der Waals surface area contributed by atoms with Crippen molar-refractivity contribution in [2.45, 2.75) is 51.9 Å². The number of rotatable bonds is 9. The molecule has 0 heterocycles. The third-order valence-corrected chi connectivity index (χ3v) is 2.00. The van der Waals surface area contributed by atoms with Gasteiger partial charge >= 0.3 is 0 Å². The number of terminal acetylenes is 1. The molecule has 0 N–H and O–H groups in total. The zero-order chi connectivity index (χ0) is 9.78. The van der Waals surface area contributed by atoms with E-state index in [1.54, 1.807) is 0 Å².